The van der Waals surface area contributed by atoms with E-state index in [1.807, 2.05) is 0 Å². The van der Waals surface area contributed by atoms with E-state index in [4.69, 9.17) is 10.2 Å². The zero-order chi connectivity index (χ0) is 31.2. The maximum atomic E-state index is 11.0. The molecule has 0 saturated carbocycles. The Morgan fingerprint density at radius 2 is 0.833 bits per heavy atom. The molecule has 7 heteroatoms. The minimum atomic E-state index is -1.02. The lowest BCUT2D eigenvalue weighted by Gasteiger charge is -2.39. The number of carbonyl (C=O) groups excluding carboxylic acids is 1. The first kappa shape index (κ1) is 40.1. The number of rotatable bonds is 33. The molecule has 0 radical (unpaired) electrons. The minimum absolute atomic E-state index is 0.0638. The van der Waals surface area contributed by atoms with Gasteiger partial charge in [0.25, 0.3) is 0 Å². The fourth-order valence-electron chi connectivity index (χ4n) is 5.88. The van der Waals surface area contributed by atoms with E-state index in [0.717, 1.165) is 56.3 Å². The van der Waals surface area contributed by atoms with E-state index in [1.54, 1.807) is 0 Å². The lowest BCUT2D eigenvalue weighted by atomic mass is 10.0. The van der Waals surface area contributed by atoms with Crippen LogP contribution in [0.15, 0.2) is 12.2 Å². The van der Waals surface area contributed by atoms with Gasteiger partial charge in [-0.15, -0.1) is 0 Å². The van der Waals surface area contributed by atoms with Gasteiger partial charge in [0.05, 0.1) is 26.2 Å². The molecule has 0 aliphatic carbocycles. The normalized spacial score (nSPS) is 11.8. The Balaban J connectivity index is 4.34. The Morgan fingerprint density at radius 1 is 0.500 bits per heavy atom. The fourth-order valence-corrected chi connectivity index (χ4v) is 5.88. The van der Waals surface area contributed by atoms with Crippen LogP contribution in [0.5, 0.6) is 0 Å². The van der Waals surface area contributed by atoms with Gasteiger partial charge in [-0.1, -0.05) is 83.3 Å². The molecule has 0 atom stereocenters. The first-order chi connectivity index (χ1) is 20.3. The number of unbranched alkanes of at least 4 members (excludes halogenated alkanes) is 17. The van der Waals surface area contributed by atoms with Gasteiger partial charge in [0.15, 0.2) is 0 Å². The molecule has 0 unspecified atom stereocenters. The number of quaternary nitrogens is 1. The van der Waals surface area contributed by atoms with Crippen LogP contribution in [0, 0.1) is 0 Å². The van der Waals surface area contributed by atoms with Gasteiger partial charge in [-0.25, -0.2) is 0 Å². The van der Waals surface area contributed by atoms with E-state index in [-0.39, 0.29) is 19.3 Å². The molecule has 0 aromatic carbocycles. The molecule has 2 N–H and O–H groups in total. The van der Waals surface area contributed by atoms with Gasteiger partial charge in [0.1, 0.15) is 0 Å². The van der Waals surface area contributed by atoms with Crippen molar-refractivity contribution in [1.29, 1.82) is 0 Å². The minimum Gasteiger partial charge on any atom is -0.550 e. The van der Waals surface area contributed by atoms with E-state index in [1.165, 1.54) is 96.3 Å². The van der Waals surface area contributed by atoms with Crippen molar-refractivity contribution in [3.63, 3.8) is 0 Å². The zero-order valence-electron chi connectivity index (χ0n) is 27.1. The summed E-state index contributed by atoms with van der Waals surface area (Å²) in [5.74, 6) is -2.56. The monoisotopic (exact) mass is 595 g/mol. The Hall–Kier alpha value is -1.89. The van der Waals surface area contributed by atoms with E-state index < -0.39 is 17.9 Å². The van der Waals surface area contributed by atoms with Gasteiger partial charge in [-0.2, -0.15) is 0 Å². The summed E-state index contributed by atoms with van der Waals surface area (Å²) >= 11 is 0. The third-order valence-corrected chi connectivity index (χ3v) is 8.45. The number of nitrogens with zero attached hydrogens (tertiary/aromatic N) is 1. The van der Waals surface area contributed by atoms with Crippen LogP contribution >= 0.6 is 0 Å². The third kappa shape index (κ3) is 28.2. The molecule has 42 heavy (non-hydrogen) atoms. The standard InChI is InChI=1S/C35H65NO6/c1-2-3-4-5-6-7-8-9-10-11-12-13-14-15-16-17-18-22-29-36(30-23-19-26-33(37)38,31-24-20-27-34(39)40)32-25-21-28-35(41)42/h7-8H,2-6,9-32H2,1H3,(H2-,37,38,39,40,41,42)/b8-7+. The highest BCUT2D eigenvalue weighted by Crippen LogP contribution is 2.20. The molecular weight excluding hydrogens is 530 g/mol. The average Bonchev–Trinajstić information content (AvgIpc) is 2.94. The van der Waals surface area contributed by atoms with Gasteiger partial charge < -0.3 is 24.6 Å². The van der Waals surface area contributed by atoms with Crippen LogP contribution in [0.3, 0.4) is 0 Å². The summed E-state index contributed by atoms with van der Waals surface area (Å²) in [4.78, 5) is 32.9. The van der Waals surface area contributed by atoms with Crippen LogP contribution in [0.4, 0.5) is 0 Å². The number of hydrogen-bond donors (Lipinski definition) is 2. The molecule has 0 saturated heterocycles. The highest BCUT2D eigenvalue weighted by molar-refractivity contribution is 5.66. The molecule has 0 fully saturated rings. The topological polar surface area (TPSA) is 115 Å². The number of allylic oxidation sites excluding steroid dienone is 2. The molecule has 0 aliphatic rings. The summed E-state index contributed by atoms with van der Waals surface area (Å²) in [6.45, 7) is 5.87. The number of carbonyl (C=O) groups is 3. The second kappa shape index (κ2) is 29.2. The smallest absolute Gasteiger partial charge is 0.303 e. The van der Waals surface area contributed by atoms with Crippen molar-refractivity contribution in [2.24, 2.45) is 0 Å². The highest BCUT2D eigenvalue weighted by atomic mass is 16.4. The van der Waals surface area contributed by atoms with Crippen molar-refractivity contribution in [1.82, 2.24) is 0 Å². The number of hydrogen-bond acceptors (Lipinski definition) is 4. The van der Waals surface area contributed by atoms with E-state index in [2.05, 4.69) is 19.1 Å². The molecule has 246 valence electrons. The summed E-state index contributed by atoms with van der Waals surface area (Å²) in [6.07, 6.45) is 30.0. The molecule has 0 amide bonds. The first-order valence-electron chi connectivity index (χ1n) is 17.4. The summed E-state index contributed by atoms with van der Waals surface area (Å²) in [5, 5.41) is 29.0. The fraction of sp³-hybridized carbons (Fsp3) is 0.857. The predicted octanol–water partition coefficient (Wildman–Crippen LogP) is 8.05. The van der Waals surface area contributed by atoms with Gasteiger partial charge in [-0.3, -0.25) is 9.59 Å². The summed E-state index contributed by atoms with van der Waals surface area (Å²) in [6, 6.07) is 0. The average molecular weight is 596 g/mol. The molecule has 0 aromatic heterocycles. The molecule has 0 bridgehead atoms. The Labute approximate surface area is 257 Å². The highest BCUT2D eigenvalue weighted by Gasteiger charge is 2.26. The van der Waals surface area contributed by atoms with Crippen LogP contribution < -0.4 is 5.11 Å². The van der Waals surface area contributed by atoms with Crippen LogP contribution in [-0.4, -0.2) is 58.8 Å². The van der Waals surface area contributed by atoms with E-state index in [0.29, 0.717) is 19.3 Å². The number of carboxylic acids is 3. The number of aliphatic carboxylic acids is 3. The predicted molar refractivity (Wildman–Crippen MR) is 170 cm³/mol. The van der Waals surface area contributed by atoms with Crippen LogP contribution in [0.25, 0.3) is 0 Å². The molecule has 0 spiro atoms. The van der Waals surface area contributed by atoms with Crippen LogP contribution in [0.2, 0.25) is 0 Å². The molecule has 0 heterocycles. The SMILES string of the molecule is CCCCCC/C=C/CCCCCCCCCCCC[N+](CCCCC(=O)[O-])(CCCCC(=O)O)CCCCC(=O)O. The largest absolute Gasteiger partial charge is 0.550 e. The van der Waals surface area contributed by atoms with Gasteiger partial charge in [-0.05, 0) is 83.5 Å². The third-order valence-electron chi connectivity index (χ3n) is 8.45. The van der Waals surface area contributed by atoms with Crippen molar-refractivity contribution in [2.45, 2.75) is 167 Å². The second-order valence-electron chi connectivity index (χ2n) is 12.4. The molecule has 0 aromatic rings. The Bertz CT molecular complexity index is 638. The molecule has 0 aliphatic heterocycles. The van der Waals surface area contributed by atoms with Gasteiger partial charge in [0, 0.05) is 18.8 Å². The number of carboxylic acid groups (broad SMARTS) is 3. The van der Waals surface area contributed by atoms with E-state index in [9.17, 15) is 19.5 Å². The first-order valence-corrected chi connectivity index (χ1v) is 17.4. The summed E-state index contributed by atoms with van der Waals surface area (Å²) in [7, 11) is 0. The quantitative estimate of drug-likeness (QED) is 0.0451. The van der Waals surface area contributed by atoms with Gasteiger partial charge in [0.2, 0.25) is 0 Å². The van der Waals surface area contributed by atoms with Crippen LogP contribution in [-0.2, 0) is 14.4 Å². The molecule has 0 rings (SSSR count). The Kier molecular flexibility index (Phi) is 27.9. The van der Waals surface area contributed by atoms with Crippen molar-refractivity contribution in [3.8, 4) is 0 Å². The second-order valence-corrected chi connectivity index (χ2v) is 12.4. The molecular formula is C35H65NO6. The maximum absolute atomic E-state index is 11.0. The van der Waals surface area contributed by atoms with Crippen LogP contribution in [0.1, 0.15) is 167 Å². The van der Waals surface area contributed by atoms with Crippen molar-refractivity contribution < 1.29 is 34.2 Å². The zero-order valence-corrected chi connectivity index (χ0v) is 27.1. The van der Waals surface area contributed by atoms with Gasteiger partial charge >= 0.3 is 11.9 Å². The van der Waals surface area contributed by atoms with E-state index >= 15 is 0 Å². The lowest BCUT2D eigenvalue weighted by molar-refractivity contribution is -0.929. The van der Waals surface area contributed by atoms with Crippen molar-refractivity contribution in [2.75, 3.05) is 26.2 Å². The summed E-state index contributed by atoms with van der Waals surface area (Å²) < 4.78 is 0.848. The maximum Gasteiger partial charge on any atom is 0.303 e. The van der Waals surface area contributed by atoms with Crippen molar-refractivity contribution >= 4 is 17.9 Å². The lowest BCUT2D eigenvalue weighted by Crippen LogP contribution is -2.51. The van der Waals surface area contributed by atoms with Crippen molar-refractivity contribution in [3.05, 3.63) is 12.2 Å². The summed E-state index contributed by atoms with van der Waals surface area (Å²) in [5.41, 5.74) is 0. The molecule has 7 nitrogen and oxygen atoms in total. The Morgan fingerprint density at radius 3 is 1.21 bits per heavy atom.